The van der Waals surface area contributed by atoms with E-state index in [1.807, 2.05) is 36.0 Å². The van der Waals surface area contributed by atoms with Gasteiger partial charge in [-0.15, -0.1) is 0 Å². The second-order valence-electron chi connectivity index (χ2n) is 8.23. The van der Waals surface area contributed by atoms with Crippen molar-refractivity contribution in [3.05, 3.63) is 70.7 Å². The molecule has 0 radical (unpaired) electrons. The first kappa shape index (κ1) is 18.1. The molecule has 31 heavy (non-hydrogen) atoms. The van der Waals surface area contributed by atoms with Gasteiger partial charge in [0, 0.05) is 47.3 Å². The lowest BCUT2D eigenvalue weighted by atomic mass is 10.1. The Labute approximate surface area is 176 Å². The van der Waals surface area contributed by atoms with Crippen molar-refractivity contribution in [2.75, 3.05) is 6.54 Å². The molecule has 0 amide bonds. The average Bonchev–Trinajstić information content (AvgIpc) is 3.50. The van der Waals surface area contributed by atoms with Crippen LogP contribution in [0.5, 0.6) is 0 Å². The molecule has 3 aromatic heterocycles. The highest BCUT2D eigenvalue weighted by Crippen LogP contribution is 2.38. The Morgan fingerprint density at radius 2 is 2.03 bits per heavy atom. The summed E-state index contributed by atoms with van der Waals surface area (Å²) < 4.78 is 19.9. The summed E-state index contributed by atoms with van der Waals surface area (Å²) in [5, 5.41) is 8.68. The molecule has 0 saturated carbocycles. The number of aryl methyl sites for hydroxylation is 1. The Kier molecular flexibility index (Phi) is 3.76. The second kappa shape index (κ2) is 6.42. The molecule has 4 heterocycles. The highest BCUT2D eigenvalue weighted by Gasteiger charge is 2.30. The lowest BCUT2D eigenvalue weighted by Gasteiger charge is -2.08. The van der Waals surface area contributed by atoms with Gasteiger partial charge >= 0.3 is 5.69 Å². The van der Waals surface area contributed by atoms with Gasteiger partial charge in [0.1, 0.15) is 5.82 Å². The lowest BCUT2D eigenvalue weighted by molar-refractivity contribution is 0.530. The first-order valence-electron chi connectivity index (χ1n) is 10.3. The molecule has 1 atom stereocenters. The van der Waals surface area contributed by atoms with Crippen LogP contribution in [0.3, 0.4) is 0 Å². The van der Waals surface area contributed by atoms with E-state index in [0.717, 1.165) is 40.8 Å². The number of fused-ring (bicyclic) bond motifs is 4. The van der Waals surface area contributed by atoms with Crippen LogP contribution in [0.2, 0.25) is 0 Å². The number of aromatic amines is 1. The summed E-state index contributed by atoms with van der Waals surface area (Å²) in [7, 11) is 1.90. The van der Waals surface area contributed by atoms with Gasteiger partial charge in [0.2, 0.25) is 0 Å². The minimum absolute atomic E-state index is 0.321. The maximum atomic E-state index is 14.1. The molecule has 1 aliphatic rings. The van der Waals surface area contributed by atoms with Crippen LogP contribution in [-0.2, 0) is 20.0 Å². The molecule has 0 spiro atoms. The van der Waals surface area contributed by atoms with E-state index in [1.54, 1.807) is 10.6 Å². The molecule has 0 bridgehead atoms. The third-order valence-electron chi connectivity index (χ3n) is 6.39. The van der Waals surface area contributed by atoms with Crippen molar-refractivity contribution in [1.82, 2.24) is 23.9 Å². The molecule has 1 unspecified atom stereocenters. The number of para-hydroxylation sites is 1. The van der Waals surface area contributed by atoms with Gasteiger partial charge in [0.05, 0.1) is 11.2 Å². The molecule has 7 nitrogen and oxygen atoms in total. The number of halogens is 1. The van der Waals surface area contributed by atoms with Gasteiger partial charge in [-0.1, -0.05) is 18.2 Å². The van der Waals surface area contributed by atoms with Crippen LogP contribution in [0.1, 0.15) is 5.69 Å². The molecule has 0 saturated heterocycles. The average molecular weight is 416 g/mol. The van der Waals surface area contributed by atoms with Crippen molar-refractivity contribution < 1.29 is 4.39 Å². The van der Waals surface area contributed by atoms with Crippen LogP contribution in [0.25, 0.3) is 38.9 Å². The normalized spacial score (nSPS) is 15.9. The number of rotatable bonds is 3. The van der Waals surface area contributed by atoms with Crippen LogP contribution >= 0.6 is 0 Å². The smallest absolute Gasteiger partial charge is 0.348 e. The summed E-state index contributed by atoms with van der Waals surface area (Å²) in [6.45, 7) is 1.42. The van der Waals surface area contributed by atoms with Crippen LogP contribution < -0.4 is 11.4 Å². The van der Waals surface area contributed by atoms with Gasteiger partial charge in [0.25, 0.3) is 0 Å². The summed E-state index contributed by atoms with van der Waals surface area (Å²) in [6.07, 6.45) is 2.68. The summed E-state index contributed by atoms with van der Waals surface area (Å²) in [5.74, 6) is 0.470. The molecule has 0 fully saturated rings. The fourth-order valence-electron chi connectivity index (χ4n) is 4.98. The monoisotopic (exact) mass is 416 g/mol. The highest BCUT2D eigenvalue weighted by molar-refractivity contribution is 5.96. The molecule has 1 aliphatic heterocycles. The van der Waals surface area contributed by atoms with Gasteiger partial charge in [0.15, 0.2) is 5.82 Å². The standard InChI is InChI=1S/C23H21FN6O/c1-28-12-17(16-9-14(24)6-7-18(16)28)22-26-27-23(31)30(22)21-15-4-2-3-5-19(15)29-11-13(10-25)8-20(21)29/h2-7,9,12-13H,8,10-11,25H2,1H3,(H,27,31). The number of nitrogens with two attached hydrogens (primary N) is 1. The molecule has 3 N–H and O–H groups in total. The van der Waals surface area contributed by atoms with Gasteiger partial charge in [-0.3, -0.25) is 0 Å². The Morgan fingerprint density at radius 1 is 1.19 bits per heavy atom. The number of hydrogen-bond acceptors (Lipinski definition) is 3. The van der Waals surface area contributed by atoms with E-state index in [-0.39, 0.29) is 11.5 Å². The number of nitrogens with one attached hydrogen (secondary N) is 1. The molecule has 2 aromatic carbocycles. The maximum Gasteiger partial charge on any atom is 0.348 e. The third-order valence-corrected chi connectivity index (χ3v) is 6.39. The summed E-state index contributed by atoms with van der Waals surface area (Å²) >= 11 is 0. The SMILES string of the molecule is Cn1cc(-c2n[nH]c(=O)n2-c2c3n(c4ccccc24)CC(CN)C3)c2cc(F)ccc21. The number of benzene rings is 2. The van der Waals surface area contributed by atoms with Crippen LogP contribution in [-0.4, -0.2) is 30.4 Å². The van der Waals surface area contributed by atoms with E-state index >= 15 is 0 Å². The van der Waals surface area contributed by atoms with E-state index in [2.05, 4.69) is 20.8 Å². The van der Waals surface area contributed by atoms with E-state index < -0.39 is 0 Å². The van der Waals surface area contributed by atoms with Crippen molar-refractivity contribution in [2.45, 2.75) is 13.0 Å². The molecular formula is C23H21FN6O. The van der Waals surface area contributed by atoms with E-state index in [1.165, 1.54) is 12.1 Å². The zero-order chi connectivity index (χ0) is 21.3. The zero-order valence-electron chi connectivity index (χ0n) is 17.0. The fraction of sp³-hybridized carbons (Fsp3) is 0.217. The largest absolute Gasteiger partial charge is 0.350 e. The lowest BCUT2D eigenvalue weighted by Crippen LogP contribution is -2.18. The molecule has 6 rings (SSSR count). The van der Waals surface area contributed by atoms with Crippen molar-refractivity contribution in [2.24, 2.45) is 18.7 Å². The summed E-state index contributed by atoms with van der Waals surface area (Å²) in [6, 6.07) is 12.7. The Hall–Kier alpha value is -3.65. The fourth-order valence-corrected chi connectivity index (χ4v) is 4.98. The Bertz CT molecular complexity index is 1540. The summed E-state index contributed by atoms with van der Waals surface area (Å²) in [4.78, 5) is 13.0. The van der Waals surface area contributed by atoms with Crippen molar-refractivity contribution in [1.29, 1.82) is 0 Å². The highest BCUT2D eigenvalue weighted by atomic mass is 19.1. The summed E-state index contributed by atoms with van der Waals surface area (Å²) in [5.41, 5.74) is 10.2. The predicted molar refractivity (Wildman–Crippen MR) is 118 cm³/mol. The van der Waals surface area contributed by atoms with E-state index in [9.17, 15) is 9.18 Å². The maximum absolute atomic E-state index is 14.1. The number of aromatic nitrogens is 5. The predicted octanol–water partition coefficient (Wildman–Crippen LogP) is 2.94. The van der Waals surface area contributed by atoms with Crippen LogP contribution in [0, 0.1) is 11.7 Å². The van der Waals surface area contributed by atoms with Gasteiger partial charge in [-0.05, 0) is 43.1 Å². The number of H-pyrrole nitrogens is 1. The van der Waals surface area contributed by atoms with Crippen molar-refractivity contribution in [3.8, 4) is 17.1 Å². The first-order chi connectivity index (χ1) is 15.1. The zero-order valence-corrected chi connectivity index (χ0v) is 17.0. The quantitative estimate of drug-likeness (QED) is 0.474. The van der Waals surface area contributed by atoms with E-state index in [0.29, 0.717) is 29.2 Å². The van der Waals surface area contributed by atoms with Gasteiger partial charge in [-0.25, -0.2) is 18.9 Å². The van der Waals surface area contributed by atoms with Gasteiger partial charge < -0.3 is 14.9 Å². The topological polar surface area (TPSA) is 86.6 Å². The number of hydrogen-bond donors (Lipinski definition) is 2. The Morgan fingerprint density at radius 3 is 2.87 bits per heavy atom. The molecule has 5 aromatic rings. The first-order valence-corrected chi connectivity index (χ1v) is 10.3. The second-order valence-corrected chi connectivity index (χ2v) is 8.23. The van der Waals surface area contributed by atoms with Crippen LogP contribution in [0.15, 0.2) is 53.5 Å². The minimum Gasteiger partial charge on any atom is -0.350 e. The molecular weight excluding hydrogens is 395 g/mol. The Balaban J connectivity index is 1.68. The minimum atomic E-state index is -0.328. The molecule has 8 heteroatoms. The molecule has 156 valence electrons. The van der Waals surface area contributed by atoms with Gasteiger partial charge in [-0.2, -0.15) is 5.10 Å². The van der Waals surface area contributed by atoms with Crippen molar-refractivity contribution >= 4 is 21.8 Å². The van der Waals surface area contributed by atoms with E-state index in [4.69, 9.17) is 5.73 Å². The van der Waals surface area contributed by atoms with Crippen molar-refractivity contribution in [3.63, 3.8) is 0 Å². The third kappa shape index (κ3) is 2.48. The number of nitrogens with zero attached hydrogens (tertiary/aromatic N) is 4. The molecule has 0 aliphatic carbocycles. The van der Waals surface area contributed by atoms with Crippen LogP contribution in [0.4, 0.5) is 4.39 Å².